The van der Waals surface area contributed by atoms with Crippen LogP contribution in [0.25, 0.3) is 0 Å². The van der Waals surface area contributed by atoms with Gasteiger partial charge in [0.15, 0.2) is 0 Å². The summed E-state index contributed by atoms with van der Waals surface area (Å²) in [4.78, 5) is 24.9. The summed E-state index contributed by atoms with van der Waals surface area (Å²) >= 11 is 0. The zero-order chi connectivity index (χ0) is 32.9. The molecule has 44 heavy (non-hydrogen) atoms. The zero-order valence-corrected chi connectivity index (χ0v) is 29.7. The Hall–Kier alpha value is -1.28. The third-order valence-electron chi connectivity index (χ3n) is 7.34. The highest BCUT2D eigenvalue weighted by atomic mass is 31.2. The van der Waals surface area contributed by atoms with Crippen LogP contribution in [0.2, 0.25) is 0 Å². The number of unbranched alkanes of at least 4 members (excludes halogenated alkanes) is 13. The van der Waals surface area contributed by atoms with Crippen LogP contribution in [0.3, 0.4) is 0 Å². The van der Waals surface area contributed by atoms with Gasteiger partial charge in [0.2, 0.25) is 5.91 Å². The first kappa shape index (κ1) is 42.7. The summed E-state index contributed by atoms with van der Waals surface area (Å²) in [6.07, 6.45) is 31.0. The van der Waals surface area contributed by atoms with Gasteiger partial charge in [-0.1, -0.05) is 115 Å². The minimum Gasteiger partial charge on any atom is -0.756 e. The lowest BCUT2D eigenvalue weighted by Crippen LogP contribution is -2.45. The molecular weight excluding hydrogens is 575 g/mol. The van der Waals surface area contributed by atoms with Crippen LogP contribution in [-0.4, -0.2) is 68.5 Å². The summed E-state index contributed by atoms with van der Waals surface area (Å²) in [7, 11) is 1.24. The Morgan fingerprint density at radius 2 is 1.34 bits per heavy atom. The third kappa shape index (κ3) is 29.4. The first-order valence-corrected chi connectivity index (χ1v) is 18.8. The molecular formula is C35H67N2O6P. The van der Waals surface area contributed by atoms with Crippen LogP contribution in [0.15, 0.2) is 36.5 Å². The number of allylic oxidation sites excluding steroid dienone is 5. The van der Waals surface area contributed by atoms with Gasteiger partial charge in [-0.2, -0.15) is 0 Å². The second-order valence-corrected chi connectivity index (χ2v) is 14.3. The molecule has 0 aromatic heterocycles. The first-order valence-electron chi connectivity index (χ1n) is 17.4. The number of nitrogens with one attached hydrogen (secondary N) is 1. The van der Waals surface area contributed by atoms with E-state index in [1.54, 1.807) is 6.08 Å². The number of rotatable bonds is 30. The second kappa shape index (κ2) is 28.0. The molecule has 0 spiro atoms. The van der Waals surface area contributed by atoms with Crippen LogP contribution >= 0.6 is 7.82 Å². The van der Waals surface area contributed by atoms with E-state index in [9.17, 15) is 19.4 Å². The molecule has 8 nitrogen and oxygen atoms in total. The number of nitrogens with zero attached hydrogens (tertiary/aromatic N) is 1. The van der Waals surface area contributed by atoms with E-state index < -0.39 is 20.0 Å². The van der Waals surface area contributed by atoms with E-state index in [1.165, 1.54) is 51.4 Å². The highest BCUT2D eigenvalue weighted by molar-refractivity contribution is 7.45. The molecule has 0 rings (SSSR count). The predicted molar refractivity (Wildman–Crippen MR) is 182 cm³/mol. The Morgan fingerprint density at radius 3 is 1.93 bits per heavy atom. The standard InChI is InChI=1S/C35H67N2O6P/c1-6-8-10-12-13-14-15-16-17-18-19-20-21-22-23-24-25-27-29-35(39)36-33(34(38)28-26-11-9-7-2)32-43-44(40,41)42-31-30-37(3,4)5/h14-15,17-18,26,28,33-34,38H,6-13,16,19-25,27,29-32H2,1-5H3,(H-,36,39,40,41)/b15-14-,18-17-,28-26+. The lowest BCUT2D eigenvalue weighted by Gasteiger charge is -2.29. The molecule has 1 amide bonds. The molecule has 0 aliphatic carbocycles. The maximum atomic E-state index is 12.6. The average Bonchev–Trinajstić information content (AvgIpc) is 2.96. The molecule has 0 heterocycles. The Bertz CT molecular complexity index is 825. The number of phosphoric acid groups is 1. The fourth-order valence-electron chi connectivity index (χ4n) is 4.46. The van der Waals surface area contributed by atoms with E-state index in [2.05, 4.69) is 43.5 Å². The van der Waals surface area contributed by atoms with Gasteiger partial charge in [-0.25, -0.2) is 0 Å². The van der Waals surface area contributed by atoms with Gasteiger partial charge < -0.3 is 28.8 Å². The van der Waals surface area contributed by atoms with Crippen molar-refractivity contribution in [2.75, 3.05) is 40.9 Å². The lowest BCUT2D eigenvalue weighted by molar-refractivity contribution is -0.870. The van der Waals surface area contributed by atoms with Crippen LogP contribution in [0.4, 0.5) is 0 Å². The number of phosphoric ester groups is 1. The van der Waals surface area contributed by atoms with Gasteiger partial charge in [0.05, 0.1) is 39.9 Å². The number of hydrogen-bond acceptors (Lipinski definition) is 6. The summed E-state index contributed by atoms with van der Waals surface area (Å²) in [5, 5.41) is 13.4. The number of aliphatic hydroxyl groups excluding tert-OH is 1. The van der Waals surface area contributed by atoms with Crippen molar-refractivity contribution >= 4 is 13.7 Å². The molecule has 2 N–H and O–H groups in total. The van der Waals surface area contributed by atoms with Crippen molar-refractivity contribution in [3.05, 3.63) is 36.5 Å². The SMILES string of the molecule is CCCC/C=C/C(O)C(COP(=O)([O-])OCC[N+](C)(C)C)NC(=O)CCCCCCCCC/C=C\C/C=C\CCCCCC. The molecule has 0 radical (unpaired) electrons. The minimum absolute atomic E-state index is 0.00496. The first-order chi connectivity index (χ1) is 21.0. The molecule has 0 aromatic rings. The second-order valence-electron chi connectivity index (χ2n) is 12.9. The van der Waals surface area contributed by atoms with Crippen molar-refractivity contribution in [3.63, 3.8) is 0 Å². The van der Waals surface area contributed by atoms with Crippen molar-refractivity contribution in [2.45, 2.75) is 142 Å². The summed E-state index contributed by atoms with van der Waals surface area (Å²) in [6, 6.07) is -0.884. The molecule has 0 aliphatic rings. The van der Waals surface area contributed by atoms with Gasteiger partial charge in [0.1, 0.15) is 13.2 Å². The molecule has 0 aromatic carbocycles. The average molecular weight is 643 g/mol. The normalized spacial score (nSPS) is 15.3. The molecule has 0 saturated heterocycles. The number of carbonyl (C=O) groups excluding carboxylic acids is 1. The van der Waals surface area contributed by atoms with Gasteiger partial charge in [-0.3, -0.25) is 9.36 Å². The molecule has 0 bridgehead atoms. The number of hydrogen-bond donors (Lipinski definition) is 2. The van der Waals surface area contributed by atoms with Gasteiger partial charge >= 0.3 is 0 Å². The van der Waals surface area contributed by atoms with Crippen LogP contribution in [0, 0.1) is 0 Å². The summed E-state index contributed by atoms with van der Waals surface area (Å²) in [6.45, 7) is 4.43. The fraction of sp³-hybridized carbons (Fsp3) is 0.800. The van der Waals surface area contributed by atoms with E-state index in [0.717, 1.165) is 57.8 Å². The molecule has 258 valence electrons. The van der Waals surface area contributed by atoms with E-state index in [-0.39, 0.29) is 19.1 Å². The number of amides is 1. The molecule has 0 aliphatic heterocycles. The van der Waals surface area contributed by atoms with Crippen molar-refractivity contribution < 1.29 is 32.9 Å². The number of aliphatic hydroxyl groups is 1. The van der Waals surface area contributed by atoms with E-state index in [1.807, 2.05) is 27.2 Å². The molecule has 9 heteroatoms. The quantitative estimate of drug-likeness (QED) is 0.0359. The summed E-state index contributed by atoms with van der Waals surface area (Å²) in [5.41, 5.74) is 0. The van der Waals surface area contributed by atoms with E-state index in [0.29, 0.717) is 17.4 Å². The van der Waals surface area contributed by atoms with Gasteiger partial charge in [0, 0.05) is 6.42 Å². The maximum absolute atomic E-state index is 12.6. The van der Waals surface area contributed by atoms with Gasteiger partial charge in [0.25, 0.3) is 7.82 Å². The molecule has 0 fully saturated rings. The highest BCUT2D eigenvalue weighted by Gasteiger charge is 2.23. The predicted octanol–water partition coefficient (Wildman–Crippen LogP) is 7.77. The minimum atomic E-state index is -4.56. The zero-order valence-electron chi connectivity index (χ0n) is 28.9. The Balaban J connectivity index is 4.25. The summed E-state index contributed by atoms with van der Waals surface area (Å²) < 4.78 is 22.8. The fourth-order valence-corrected chi connectivity index (χ4v) is 5.18. The van der Waals surface area contributed by atoms with Crippen LogP contribution in [0.1, 0.15) is 129 Å². The molecule has 3 unspecified atom stereocenters. The number of likely N-dealkylation sites (N-methyl/N-ethyl adjacent to an activating group) is 1. The van der Waals surface area contributed by atoms with Gasteiger partial charge in [-0.05, 0) is 44.9 Å². The van der Waals surface area contributed by atoms with Crippen LogP contribution < -0.4 is 10.2 Å². The van der Waals surface area contributed by atoms with Crippen molar-refractivity contribution in [1.82, 2.24) is 5.32 Å². The van der Waals surface area contributed by atoms with Crippen LogP contribution in [0.5, 0.6) is 0 Å². The van der Waals surface area contributed by atoms with Crippen molar-refractivity contribution in [3.8, 4) is 0 Å². The van der Waals surface area contributed by atoms with Gasteiger partial charge in [-0.15, -0.1) is 0 Å². The molecule has 3 atom stereocenters. The number of carbonyl (C=O) groups is 1. The van der Waals surface area contributed by atoms with E-state index in [4.69, 9.17) is 9.05 Å². The number of quaternary nitrogens is 1. The lowest BCUT2D eigenvalue weighted by atomic mass is 10.1. The van der Waals surface area contributed by atoms with Crippen molar-refractivity contribution in [1.29, 1.82) is 0 Å². The Labute approximate surface area is 270 Å². The monoisotopic (exact) mass is 642 g/mol. The Morgan fingerprint density at radius 1 is 0.795 bits per heavy atom. The topological polar surface area (TPSA) is 108 Å². The highest BCUT2D eigenvalue weighted by Crippen LogP contribution is 2.38. The molecule has 0 saturated carbocycles. The summed E-state index contributed by atoms with van der Waals surface area (Å²) in [5.74, 6) is -0.218. The Kier molecular flexibility index (Phi) is 27.2. The third-order valence-corrected chi connectivity index (χ3v) is 8.31. The smallest absolute Gasteiger partial charge is 0.268 e. The maximum Gasteiger partial charge on any atom is 0.268 e. The van der Waals surface area contributed by atoms with E-state index >= 15 is 0 Å². The van der Waals surface area contributed by atoms with Crippen molar-refractivity contribution in [2.24, 2.45) is 0 Å². The largest absolute Gasteiger partial charge is 0.756 e. The van der Waals surface area contributed by atoms with Crippen LogP contribution in [-0.2, 0) is 18.4 Å².